The van der Waals surface area contributed by atoms with Crippen molar-refractivity contribution in [3.8, 4) is 0 Å². The molecular formula is C20H26N2O5. The molecule has 1 atom stereocenters. The monoisotopic (exact) mass is 374 g/mol. The van der Waals surface area contributed by atoms with Crippen LogP contribution in [0.15, 0.2) is 30.3 Å². The minimum Gasteiger partial charge on any atom is -0.479 e. The summed E-state index contributed by atoms with van der Waals surface area (Å²) in [7, 11) is 0. The summed E-state index contributed by atoms with van der Waals surface area (Å²) in [4.78, 5) is 39.6. The lowest BCUT2D eigenvalue weighted by Crippen LogP contribution is -2.51. The number of hydrogen-bond acceptors (Lipinski definition) is 4. The SMILES string of the molecule is O=C(O)C1CN(C(=O)C2CCN(C(=O)CCc3ccccc3)CC2)CCO1. The third kappa shape index (κ3) is 5.07. The number of carbonyl (C=O) groups is 3. The van der Waals surface area contributed by atoms with E-state index in [2.05, 4.69) is 0 Å². The predicted molar refractivity (Wildman–Crippen MR) is 98.0 cm³/mol. The number of aryl methyl sites for hydroxylation is 1. The fraction of sp³-hybridized carbons (Fsp3) is 0.550. The highest BCUT2D eigenvalue weighted by atomic mass is 16.5. The van der Waals surface area contributed by atoms with E-state index in [1.807, 2.05) is 35.2 Å². The summed E-state index contributed by atoms with van der Waals surface area (Å²) < 4.78 is 5.17. The van der Waals surface area contributed by atoms with E-state index in [0.29, 0.717) is 38.9 Å². The van der Waals surface area contributed by atoms with Gasteiger partial charge < -0.3 is 19.6 Å². The summed E-state index contributed by atoms with van der Waals surface area (Å²) in [5, 5.41) is 9.07. The molecule has 3 rings (SSSR count). The molecule has 0 bridgehead atoms. The number of morpholine rings is 1. The lowest BCUT2D eigenvalue weighted by Gasteiger charge is -2.37. The third-order valence-electron chi connectivity index (χ3n) is 5.32. The van der Waals surface area contributed by atoms with Crippen molar-refractivity contribution in [2.24, 2.45) is 5.92 Å². The van der Waals surface area contributed by atoms with Crippen LogP contribution in [0.1, 0.15) is 24.8 Å². The predicted octanol–water partition coefficient (Wildman–Crippen LogP) is 1.17. The van der Waals surface area contributed by atoms with Crippen molar-refractivity contribution in [3.05, 3.63) is 35.9 Å². The highest BCUT2D eigenvalue weighted by Gasteiger charge is 2.34. The summed E-state index contributed by atoms with van der Waals surface area (Å²) in [5.74, 6) is -1.06. The Morgan fingerprint density at radius 3 is 2.41 bits per heavy atom. The zero-order valence-electron chi connectivity index (χ0n) is 15.4. The Morgan fingerprint density at radius 1 is 1.04 bits per heavy atom. The average Bonchev–Trinajstić information content (AvgIpc) is 2.72. The minimum absolute atomic E-state index is 0.0130. The zero-order chi connectivity index (χ0) is 19.2. The zero-order valence-corrected chi connectivity index (χ0v) is 15.4. The van der Waals surface area contributed by atoms with Crippen LogP contribution in [0.25, 0.3) is 0 Å². The first-order chi connectivity index (χ1) is 13.0. The quantitative estimate of drug-likeness (QED) is 0.836. The maximum absolute atomic E-state index is 12.7. The van der Waals surface area contributed by atoms with Gasteiger partial charge in [-0.15, -0.1) is 0 Å². The van der Waals surface area contributed by atoms with Crippen molar-refractivity contribution in [1.29, 1.82) is 0 Å². The van der Waals surface area contributed by atoms with Gasteiger partial charge >= 0.3 is 5.97 Å². The molecule has 0 aromatic heterocycles. The number of nitrogens with zero attached hydrogens (tertiary/aromatic N) is 2. The standard InChI is InChI=1S/C20H26N2O5/c23-18(7-6-15-4-2-1-3-5-15)21-10-8-16(9-11-21)19(24)22-12-13-27-17(14-22)20(25)26/h1-5,16-17H,6-14H2,(H,25,26). The van der Waals surface area contributed by atoms with Gasteiger partial charge in [-0.2, -0.15) is 0 Å². The van der Waals surface area contributed by atoms with Crippen molar-refractivity contribution in [1.82, 2.24) is 9.80 Å². The number of carboxylic acids is 1. The largest absolute Gasteiger partial charge is 0.479 e. The number of ether oxygens (including phenoxy) is 1. The van der Waals surface area contributed by atoms with Gasteiger partial charge in [0.25, 0.3) is 0 Å². The molecule has 1 N–H and O–H groups in total. The number of amides is 2. The number of rotatable bonds is 5. The van der Waals surface area contributed by atoms with Crippen LogP contribution in [-0.2, 0) is 25.5 Å². The van der Waals surface area contributed by atoms with Crippen molar-refractivity contribution in [3.63, 3.8) is 0 Å². The molecule has 2 amide bonds. The second-order valence-corrected chi connectivity index (χ2v) is 7.12. The van der Waals surface area contributed by atoms with E-state index in [1.165, 1.54) is 0 Å². The molecule has 1 aromatic rings. The van der Waals surface area contributed by atoms with Gasteiger partial charge in [-0.05, 0) is 24.8 Å². The van der Waals surface area contributed by atoms with E-state index in [0.717, 1.165) is 12.0 Å². The van der Waals surface area contributed by atoms with Crippen molar-refractivity contribution < 1.29 is 24.2 Å². The Morgan fingerprint density at radius 2 is 1.74 bits per heavy atom. The topological polar surface area (TPSA) is 87.2 Å². The van der Waals surface area contributed by atoms with Gasteiger partial charge in [0.15, 0.2) is 6.10 Å². The summed E-state index contributed by atoms with van der Waals surface area (Å²) in [6.45, 7) is 1.94. The van der Waals surface area contributed by atoms with Crippen LogP contribution in [0, 0.1) is 5.92 Å². The summed E-state index contributed by atoms with van der Waals surface area (Å²) in [6, 6.07) is 9.94. The Kier molecular flexibility index (Phi) is 6.45. The first kappa shape index (κ1) is 19.4. The molecule has 0 spiro atoms. The number of aliphatic carboxylic acids is 1. The van der Waals surface area contributed by atoms with E-state index in [9.17, 15) is 14.4 Å². The van der Waals surface area contributed by atoms with Crippen LogP contribution in [0.5, 0.6) is 0 Å². The minimum atomic E-state index is -1.04. The fourth-order valence-electron chi connectivity index (χ4n) is 3.69. The molecule has 7 heteroatoms. The van der Waals surface area contributed by atoms with Gasteiger partial charge in [0.05, 0.1) is 13.2 Å². The average molecular weight is 374 g/mol. The molecule has 1 unspecified atom stereocenters. The number of carbonyl (C=O) groups excluding carboxylic acids is 2. The van der Waals surface area contributed by atoms with Crippen molar-refractivity contribution in [2.75, 3.05) is 32.8 Å². The lowest BCUT2D eigenvalue weighted by atomic mass is 9.94. The summed E-state index contributed by atoms with van der Waals surface area (Å²) in [6.07, 6.45) is 1.52. The molecular weight excluding hydrogens is 348 g/mol. The Labute approximate surface area is 158 Å². The van der Waals surface area contributed by atoms with E-state index < -0.39 is 12.1 Å². The molecule has 2 heterocycles. The molecule has 7 nitrogen and oxygen atoms in total. The molecule has 2 aliphatic rings. The Hall–Kier alpha value is -2.41. The first-order valence-corrected chi connectivity index (χ1v) is 9.49. The smallest absolute Gasteiger partial charge is 0.334 e. The first-order valence-electron chi connectivity index (χ1n) is 9.49. The van der Waals surface area contributed by atoms with E-state index >= 15 is 0 Å². The number of carboxylic acid groups (broad SMARTS) is 1. The van der Waals surface area contributed by atoms with Crippen LogP contribution in [0.2, 0.25) is 0 Å². The van der Waals surface area contributed by atoms with Gasteiger partial charge in [-0.1, -0.05) is 30.3 Å². The summed E-state index contributed by atoms with van der Waals surface area (Å²) in [5.41, 5.74) is 1.15. The van der Waals surface area contributed by atoms with Crippen molar-refractivity contribution in [2.45, 2.75) is 31.8 Å². The van der Waals surface area contributed by atoms with Crippen LogP contribution in [-0.4, -0.2) is 71.6 Å². The molecule has 1 aromatic carbocycles. The Balaban J connectivity index is 1.44. The second-order valence-electron chi connectivity index (χ2n) is 7.12. The van der Waals surface area contributed by atoms with Crippen molar-refractivity contribution >= 4 is 17.8 Å². The molecule has 2 fully saturated rings. The maximum Gasteiger partial charge on any atom is 0.334 e. The molecule has 0 aliphatic carbocycles. The van der Waals surface area contributed by atoms with Gasteiger partial charge in [0, 0.05) is 32.0 Å². The molecule has 0 saturated carbocycles. The third-order valence-corrected chi connectivity index (χ3v) is 5.32. The molecule has 27 heavy (non-hydrogen) atoms. The number of likely N-dealkylation sites (tertiary alicyclic amines) is 1. The van der Waals surface area contributed by atoms with E-state index in [-0.39, 0.29) is 30.9 Å². The number of hydrogen-bond donors (Lipinski definition) is 1. The maximum atomic E-state index is 12.7. The highest BCUT2D eigenvalue weighted by Crippen LogP contribution is 2.22. The lowest BCUT2D eigenvalue weighted by molar-refractivity contribution is -0.161. The normalized spacial score (nSPS) is 21.1. The number of benzene rings is 1. The van der Waals surface area contributed by atoms with Crippen LogP contribution in [0.3, 0.4) is 0 Å². The van der Waals surface area contributed by atoms with Gasteiger partial charge in [0.1, 0.15) is 0 Å². The van der Waals surface area contributed by atoms with Crippen LogP contribution >= 0.6 is 0 Å². The fourth-order valence-corrected chi connectivity index (χ4v) is 3.69. The van der Waals surface area contributed by atoms with E-state index in [4.69, 9.17) is 9.84 Å². The van der Waals surface area contributed by atoms with E-state index in [1.54, 1.807) is 4.90 Å². The van der Waals surface area contributed by atoms with Crippen LogP contribution < -0.4 is 0 Å². The molecule has 2 saturated heterocycles. The summed E-state index contributed by atoms with van der Waals surface area (Å²) >= 11 is 0. The molecule has 146 valence electrons. The van der Waals surface area contributed by atoms with Gasteiger partial charge in [-0.3, -0.25) is 9.59 Å². The number of piperidine rings is 1. The van der Waals surface area contributed by atoms with Crippen LogP contribution in [0.4, 0.5) is 0 Å². The van der Waals surface area contributed by atoms with Gasteiger partial charge in [0.2, 0.25) is 11.8 Å². The molecule has 2 aliphatic heterocycles. The Bertz CT molecular complexity index is 670. The highest BCUT2D eigenvalue weighted by molar-refractivity contribution is 5.81. The second kappa shape index (κ2) is 8.99. The molecule has 0 radical (unpaired) electrons. The van der Waals surface area contributed by atoms with Gasteiger partial charge in [-0.25, -0.2) is 4.79 Å².